The van der Waals surface area contributed by atoms with E-state index in [4.69, 9.17) is 14.9 Å². The average molecular weight is 274 g/mol. The first kappa shape index (κ1) is 13.9. The van der Waals surface area contributed by atoms with E-state index in [0.29, 0.717) is 18.2 Å². The molecular formula is C14H18N4O2. The van der Waals surface area contributed by atoms with E-state index in [1.54, 1.807) is 7.11 Å². The minimum atomic E-state index is 0.281. The average Bonchev–Trinajstić information content (AvgIpc) is 2.76. The number of anilines is 1. The molecule has 2 aromatic rings. The molecule has 0 unspecified atom stereocenters. The summed E-state index contributed by atoms with van der Waals surface area (Å²) in [5.41, 5.74) is 7.46. The smallest absolute Gasteiger partial charge is 0.216 e. The number of aryl methyl sites for hydroxylation is 2. The van der Waals surface area contributed by atoms with Gasteiger partial charge in [0.1, 0.15) is 18.1 Å². The Morgan fingerprint density at radius 1 is 1.40 bits per heavy atom. The molecule has 1 heterocycles. The number of ether oxygens (including phenoxy) is 1. The second-order valence-corrected chi connectivity index (χ2v) is 4.28. The first-order chi connectivity index (χ1) is 9.60. The number of nitrogens with two attached hydrogens (primary N) is 1. The Morgan fingerprint density at radius 2 is 2.15 bits per heavy atom. The van der Waals surface area contributed by atoms with Gasteiger partial charge in [-0.3, -0.25) is 0 Å². The molecule has 3 N–H and O–H groups in total. The zero-order valence-corrected chi connectivity index (χ0v) is 11.8. The van der Waals surface area contributed by atoms with Crippen molar-refractivity contribution in [3.8, 4) is 5.75 Å². The topological polar surface area (TPSA) is 85.7 Å². The molecule has 1 aromatic carbocycles. The quantitative estimate of drug-likeness (QED) is 0.659. The second kappa shape index (κ2) is 6.10. The number of nitrogens with one attached hydrogen (secondary N) is 1. The van der Waals surface area contributed by atoms with Crippen LogP contribution in [0, 0.1) is 13.8 Å². The Kier molecular flexibility index (Phi) is 4.24. The third kappa shape index (κ3) is 3.28. The number of oxazole rings is 1. The third-order valence-corrected chi connectivity index (χ3v) is 2.83. The first-order valence-corrected chi connectivity index (χ1v) is 6.23. The van der Waals surface area contributed by atoms with Gasteiger partial charge in [-0.15, -0.1) is 0 Å². The Balaban J connectivity index is 2.04. The predicted octanol–water partition coefficient (Wildman–Crippen LogP) is 2.23. The molecule has 0 saturated carbocycles. The van der Waals surface area contributed by atoms with Crippen LogP contribution in [0.5, 0.6) is 5.75 Å². The van der Waals surface area contributed by atoms with Crippen LogP contribution in [0.2, 0.25) is 0 Å². The lowest BCUT2D eigenvalue weighted by atomic mass is 10.3. The van der Waals surface area contributed by atoms with Crippen LogP contribution < -0.4 is 15.8 Å². The maximum absolute atomic E-state index is 5.84. The summed E-state index contributed by atoms with van der Waals surface area (Å²) in [7, 11) is 1.60. The van der Waals surface area contributed by atoms with E-state index < -0.39 is 0 Å². The molecule has 0 aliphatic rings. The highest BCUT2D eigenvalue weighted by Gasteiger charge is 2.06. The van der Waals surface area contributed by atoms with Gasteiger partial charge < -0.3 is 20.2 Å². The van der Waals surface area contributed by atoms with Crippen LogP contribution in [0.4, 0.5) is 5.69 Å². The van der Waals surface area contributed by atoms with Gasteiger partial charge in [0.2, 0.25) is 5.89 Å². The first-order valence-electron chi connectivity index (χ1n) is 6.23. The van der Waals surface area contributed by atoms with E-state index >= 15 is 0 Å². The SMILES string of the molecule is COc1ccccc1NC(N)=NCc1nc(C)c(C)o1. The minimum absolute atomic E-state index is 0.281. The molecule has 0 amide bonds. The molecule has 1 aromatic heterocycles. The lowest BCUT2D eigenvalue weighted by Crippen LogP contribution is -2.22. The Morgan fingerprint density at radius 3 is 2.80 bits per heavy atom. The number of methoxy groups -OCH3 is 1. The van der Waals surface area contributed by atoms with Crippen molar-refractivity contribution in [1.29, 1.82) is 0 Å². The Hall–Kier alpha value is -2.50. The summed E-state index contributed by atoms with van der Waals surface area (Å²) in [4.78, 5) is 8.43. The molecule has 106 valence electrons. The number of para-hydroxylation sites is 2. The van der Waals surface area contributed by atoms with Crippen LogP contribution in [0.1, 0.15) is 17.3 Å². The Labute approximate surface area is 117 Å². The van der Waals surface area contributed by atoms with E-state index in [1.807, 2.05) is 38.1 Å². The summed E-state index contributed by atoms with van der Waals surface area (Å²) < 4.78 is 10.7. The number of aliphatic imine (C=N–C) groups is 1. The normalized spacial score (nSPS) is 11.4. The highest BCUT2D eigenvalue weighted by atomic mass is 16.5. The van der Waals surface area contributed by atoms with E-state index in [1.165, 1.54) is 0 Å². The standard InChI is InChI=1S/C14H18N4O2/c1-9-10(2)20-13(17-9)8-16-14(15)18-11-6-4-5-7-12(11)19-3/h4-7H,8H2,1-3H3,(H3,15,16,18). The number of hydrogen-bond acceptors (Lipinski definition) is 4. The number of nitrogens with zero attached hydrogens (tertiary/aromatic N) is 2. The third-order valence-electron chi connectivity index (χ3n) is 2.83. The van der Waals surface area contributed by atoms with E-state index in [-0.39, 0.29) is 5.96 Å². The molecule has 0 fully saturated rings. The number of rotatable bonds is 4. The molecule has 0 radical (unpaired) electrons. The summed E-state index contributed by atoms with van der Waals surface area (Å²) in [5, 5.41) is 2.99. The van der Waals surface area contributed by atoms with Crippen LogP contribution in [0.3, 0.4) is 0 Å². The molecule has 0 bridgehead atoms. The minimum Gasteiger partial charge on any atom is -0.495 e. The number of hydrogen-bond donors (Lipinski definition) is 2. The van der Waals surface area contributed by atoms with Gasteiger partial charge in [0, 0.05) is 0 Å². The fourth-order valence-corrected chi connectivity index (χ4v) is 1.69. The van der Waals surface area contributed by atoms with Gasteiger partial charge in [-0.25, -0.2) is 9.98 Å². The van der Waals surface area contributed by atoms with Crippen molar-refractivity contribution in [2.24, 2.45) is 10.7 Å². The molecule has 6 heteroatoms. The van der Waals surface area contributed by atoms with E-state index in [2.05, 4.69) is 15.3 Å². The fraction of sp³-hybridized carbons (Fsp3) is 0.286. The van der Waals surface area contributed by atoms with Gasteiger partial charge in [-0.2, -0.15) is 0 Å². The van der Waals surface area contributed by atoms with Gasteiger partial charge in [0.15, 0.2) is 5.96 Å². The van der Waals surface area contributed by atoms with Crippen molar-refractivity contribution in [1.82, 2.24) is 4.98 Å². The van der Waals surface area contributed by atoms with Gasteiger partial charge in [0.05, 0.1) is 18.5 Å². The van der Waals surface area contributed by atoms with Crippen LogP contribution in [-0.4, -0.2) is 18.1 Å². The molecule has 20 heavy (non-hydrogen) atoms. The van der Waals surface area contributed by atoms with E-state index in [9.17, 15) is 0 Å². The van der Waals surface area contributed by atoms with Crippen molar-refractivity contribution >= 4 is 11.6 Å². The van der Waals surface area contributed by atoms with Crippen LogP contribution in [0.25, 0.3) is 0 Å². The largest absolute Gasteiger partial charge is 0.495 e. The molecule has 0 aliphatic heterocycles. The maximum atomic E-state index is 5.84. The maximum Gasteiger partial charge on any atom is 0.216 e. The zero-order valence-electron chi connectivity index (χ0n) is 11.8. The Bertz CT molecular complexity index is 600. The summed E-state index contributed by atoms with van der Waals surface area (Å²) in [5.74, 6) is 2.33. The summed E-state index contributed by atoms with van der Waals surface area (Å²) in [6.45, 7) is 4.05. The van der Waals surface area contributed by atoms with Crippen molar-refractivity contribution in [2.75, 3.05) is 12.4 Å². The number of guanidine groups is 1. The van der Waals surface area contributed by atoms with Gasteiger partial charge >= 0.3 is 0 Å². The van der Waals surface area contributed by atoms with E-state index in [0.717, 1.165) is 17.1 Å². The highest BCUT2D eigenvalue weighted by Crippen LogP contribution is 2.22. The lowest BCUT2D eigenvalue weighted by molar-refractivity contribution is 0.417. The van der Waals surface area contributed by atoms with Gasteiger partial charge in [-0.1, -0.05) is 12.1 Å². The lowest BCUT2D eigenvalue weighted by Gasteiger charge is -2.09. The molecule has 2 rings (SSSR count). The monoisotopic (exact) mass is 274 g/mol. The van der Waals surface area contributed by atoms with Gasteiger partial charge in [0.25, 0.3) is 0 Å². The van der Waals surface area contributed by atoms with Crippen LogP contribution >= 0.6 is 0 Å². The van der Waals surface area contributed by atoms with Crippen LogP contribution in [-0.2, 0) is 6.54 Å². The van der Waals surface area contributed by atoms with Crippen molar-refractivity contribution in [2.45, 2.75) is 20.4 Å². The second-order valence-electron chi connectivity index (χ2n) is 4.28. The van der Waals surface area contributed by atoms with Gasteiger partial charge in [-0.05, 0) is 26.0 Å². The fourth-order valence-electron chi connectivity index (χ4n) is 1.69. The number of benzene rings is 1. The molecule has 6 nitrogen and oxygen atoms in total. The number of aromatic nitrogens is 1. The molecule has 0 saturated heterocycles. The predicted molar refractivity (Wildman–Crippen MR) is 77.9 cm³/mol. The van der Waals surface area contributed by atoms with Crippen LogP contribution in [0.15, 0.2) is 33.7 Å². The van der Waals surface area contributed by atoms with Crippen molar-refractivity contribution in [3.05, 3.63) is 41.6 Å². The molecule has 0 aliphatic carbocycles. The highest BCUT2D eigenvalue weighted by molar-refractivity contribution is 5.93. The summed E-state index contributed by atoms with van der Waals surface area (Å²) >= 11 is 0. The summed E-state index contributed by atoms with van der Waals surface area (Å²) in [6.07, 6.45) is 0. The molecule has 0 atom stereocenters. The summed E-state index contributed by atoms with van der Waals surface area (Å²) in [6, 6.07) is 7.48. The van der Waals surface area contributed by atoms with Crippen molar-refractivity contribution in [3.63, 3.8) is 0 Å². The zero-order chi connectivity index (χ0) is 14.5. The van der Waals surface area contributed by atoms with Crippen molar-refractivity contribution < 1.29 is 9.15 Å². The molecular weight excluding hydrogens is 256 g/mol. The molecule has 0 spiro atoms.